The first-order valence-electron chi connectivity index (χ1n) is 8.45. The summed E-state index contributed by atoms with van der Waals surface area (Å²) in [6, 6.07) is 11.8. The normalized spacial score (nSPS) is 11.7. The summed E-state index contributed by atoms with van der Waals surface area (Å²) in [5.41, 5.74) is 2.05. The number of hydrogen-bond acceptors (Lipinski definition) is 6. The van der Waals surface area contributed by atoms with Crippen molar-refractivity contribution in [1.29, 1.82) is 0 Å². The van der Waals surface area contributed by atoms with E-state index < -0.39 is 5.76 Å². The SMILES string of the molecule is CCc1oc2ccccc2c1CN(C)Cn1nc(-c2cccs2)oc1=O. The molecule has 6 nitrogen and oxygen atoms in total. The van der Waals surface area contributed by atoms with Gasteiger partial charge >= 0.3 is 5.76 Å². The fourth-order valence-electron chi connectivity index (χ4n) is 3.05. The highest BCUT2D eigenvalue weighted by Crippen LogP contribution is 2.27. The summed E-state index contributed by atoms with van der Waals surface area (Å²) in [6.45, 7) is 3.08. The lowest BCUT2D eigenvalue weighted by molar-refractivity contribution is 0.236. The van der Waals surface area contributed by atoms with Crippen molar-refractivity contribution in [2.75, 3.05) is 7.05 Å². The van der Waals surface area contributed by atoms with Gasteiger partial charge < -0.3 is 8.83 Å². The number of para-hydroxylation sites is 1. The molecule has 7 heteroatoms. The Labute approximate surface area is 154 Å². The number of rotatable bonds is 6. The standard InChI is InChI=1S/C19H19N3O3S/c1-3-15-14(13-7-4-5-8-16(13)24-15)11-21(2)12-22-19(23)25-18(20-22)17-9-6-10-26-17/h4-10H,3,11-12H2,1-2H3. The first kappa shape index (κ1) is 16.8. The van der Waals surface area contributed by atoms with Gasteiger partial charge in [0.05, 0.1) is 4.88 Å². The van der Waals surface area contributed by atoms with E-state index in [0.717, 1.165) is 33.6 Å². The summed E-state index contributed by atoms with van der Waals surface area (Å²) < 4.78 is 12.6. The first-order valence-corrected chi connectivity index (χ1v) is 9.33. The van der Waals surface area contributed by atoms with Crippen molar-refractivity contribution < 1.29 is 8.83 Å². The molecule has 3 heterocycles. The molecule has 0 atom stereocenters. The van der Waals surface area contributed by atoms with Crippen LogP contribution in [0.2, 0.25) is 0 Å². The molecule has 0 amide bonds. The van der Waals surface area contributed by atoms with Crippen LogP contribution >= 0.6 is 11.3 Å². The average molecular weight is 369 g/mol. The van der Waals surface area contributed by atoms with Gasteiger partial charge in [-0.1, -0.05) is 31.2 Å². The molecule has 0 aliphatic rings. The second-order valence-electron chi connectivity index (χ2n) is 6.16. The maximum absolute atomic E-state index is 12.1. The maximum Gasteiger partial charge on any atom is 0.438 e. The van der Waals surface area contributed by atoms with E-state index in [1.807, 2.05) is 47.7 Å². The Morgan fingerprint density at radius 3 is 2.81 bits per heavy atom. The van der Waals surface area contributed by atoms with Crippen molar-refractivity contribution >= 4 is 22.3 Å². The van der Waals surface area contributed by atoms with E-state index in [2.05, 4.69) is 18.1 Å². The van der Waals surface area contributed by atoms with Gasteiger partial charge in [-0.25, -0.2) is 4.79 Å². The van der Waals surface area contributed by atoms with Gasteiger partial charge in [0, 0.05) is 23.9 Å². The zero-order valence-electron chi connectivity index (χ0n) is 14.6. The van der Waals surface area contributed by atoms with E-state index in [9.17, 15) is 4.79 Å². The number of furan rings is 1. The van der Waals surface area contributed by atoms with E-state index in [0.29, 0.717) is 19.1 Å². The van der Waals surface area contributed by atoms with Gasteiger partial charge in [-0.15, -0.1) is 16.4 Å². The van der Waals surface area contributed by atoms with Crippen LogP contribution in [0.15, 0.2) is 55.4 Å². The van der Waals surface area contributed by atoms with E-state index in [1.165, 1.54) is 16.0 Å². The van der Waals surface area contributed by atoms with Crippen LogP contribution < -0.4 is 5.76 Å². The van der Waals surface area contributed by atoms with Gasteiger partial charge in [0.1, 0.15) is 18.0 Å². The van der Waals surface area contributed by atoms with Crippen molar-refractivity contribution in [1.82, 2.24) is 14.7 Å². The molecule has 0 unspecified atom stereocenters. The Kier molecular flexibility index (Phi) is 4.48. The molecule has 4 aromatic rings. The molecule has 0 bridgehead atoms. The quantitative estimate of drug-likeness (QED) is 0.515. The number of nitrogens with zero attached hydrogens (tertiary/aromatic N) is 3. The third kappa shape index (κ3) is 3.11. The average Bonchev–Trinajstić information content (AvgIpc) is 3.35. The van der Waals surface area contributed by atoms with Gasteiger partial charge in [0.2, 0.25) is 0 Å². The van der Waals surface area contributed by atoms with Gasteiger partial charge in [0.25, 0.3) is 5.89 Å². The lowest BCUT2D eigenvalue weighted by Crippen LogP contribution is -2.28. The minimum absolute atomic E-state index is 0.344. The second kappa shape index (κ2) is 6.93. The van der Waals surface area contributed by atoms with E-state index in [4.69, 9.17) is 8.83 Å². The smallest absolute Gasteiger partial charge is 0.438 e. The minimum atomic E-state index is -0.451. The molecule has 1 aromatic carbocycles. The lowest BCUT2D eigenvalue weighted by Gasteiger charge is -2.15. The predicted octanol–water partition coefficient (Wildman–Crippen LogP) is 3.96. The number of thiophene rings is 1. The van der Waals surface area contributed by atoms with Crippen LogP contribution in [-0.2, 0) is 19.6 Å². The maximum atomic E-state index is 12.1. The minimum Gasteiger partial charge on any atom is -0.461 e. The molecule has 0 spiro atoms. The zero-order valence-corrected chi connectivity index (χ0v) is 15.5. The fourth-order valence-corrected chi connectivity index (χ4v) is 3.70. The summed E-state index contributed by atoms with van der Waals surface area (Å²) in [4.78, 5) is 15.0. The first-order chi connectivity index (χ1) is 12.7. The lowest BCUT2D eigenvalue weighted by atomic mass is 10.1. The van der Waals surface area contributed by atoms with E-state index in [1.54, 1.807) is 0 Å². The Balaban J connectivity index is 1.57. The number of hydrogen-bond donors (Lipinski definition) is 0. The largest absolute Gasteiger partial charge is 0.461 e. The molecule has 0 aliphatic heterocycles. The Bertz CT molecular complexity index is 1080. The van der Waals surface area contributed by atoms with Crippen molar-refractivity contribution in [3.8, 4) is 10.8 Å². The van der Waals surface area contributed by atoms with Crippen molar-refractivity contribution in [2.24, 2.45) is 0 Å². The molecule has 0 aliphatic carbocycles. The monoisotopic (exact) mass is 369 g/mol. The van der Waals surface area contributed by atoms with Crippen LogP contribution in [0.25, 0.3) is 21.7 Å². The summed E-state index contributed by atoms with van der Waals surface area (Å²) in [6.07, 6.45) is 0.824. The number of aromatic nitrogens is 2. The second-order valence-corrected chi connectivity index (χ2v) is 7.11. The van der Waals surface area contributed by atoms with Crippen LogP contribution in [0.4, 0.5) is 0 Å². The molecular weight excluding hydrogens is 350 g/mol. The summed E-state index contributed by atoms with van der Waals surface area (Å²) >= 11 is 1.49. The highest BCUT2D eigenvalue weighted by molar-refractivity contribution is 7.13. The third-order valence-corrected chi connectivity index (χ3v) is 5.10. The van der Waals surface area contributed by atoms with E-state index in [-0.39, 0.29) is 0 Å². The molecule has 4 rings (SSSR count). The van der Waals surface area contributed by atoms with Crippen LogP contribution in [-0.4, -0.2) is 21.7 Å². The molecule has 0 fully saturated rings. The molecule has 3 aromatic heterocycles. The molecule has 26 heavy (non-hydrogen) atoms. The Morgan fingerprint density at radius 1 is 1.19 bits per heavy atom. The summed E-state index contributed by atoms with van der Waals surface area (Å²) in [7, 11) is 1.95. The highest BCUT2D eigenvalue weighted by atomic mass is 32.1. The fraction of sp³-hybridized carbons (Fsp3) is 0.263. The number of aryl methyl sites for hydroxylation is 1. The number of benzene rings is 1. The summed E-state index contributed by atoms with van der Waals surface area (Å²) in [5, 5.41) is 7.35. The molecule has 134 valence electrons. The zero-order chi connectivity index (χ0) is 18.1. The molecule has 0 radical (unpaired) electrons. The highest BCUT2D eigenvalue weighted by Gasteiger charge is 2.16. The Hall–Kier alpha value is -2.64. The van der Waals surface area contributed by atoms with Gasteiger partial charge in [0.15, 0.2) is 0 Å². The van der Waals surface area contributed by atoms with Gasteiger partial charge in [-0.05, 0) is 24.6 Å². The van der Waals surface area contributed by atoms with Gasteiger partial charge in [-0.2, -0.15) is 4.68 Å². The van der Waals surface area contributed by atoms with E-state index >= 15 is 0 Å². The van der Waals surface area contributed by atoms with Crippen molar-refractivity contribution in [3.63, 3.8) is 0 Å². The van der Waals surface area contributed by atoms with Crippen LogP contribution in [0, 0.1) is 0 Å². The summed E-state index contributed by atoms with van der Waals surface area (Å²) in [5.74, 6) is 0.888. The molecule has 0 N–H and O–H groups in total. The van der Waals surface area contributed by atoms with Crippen LogP contribution in [0.1, 0.15) is 18.2 Å². The van der Waals surface area contributed by atoms with Crippen molar-refractivity contribution in [3.05, 3.63) is 63.7 Å². The van der Waals surface area contributed by atoms with Crippen LogP contribution in [0.3, 0.4) is 0 Å². The van der Waals surface area contributed by atoms with Crippen LogP contribution in [0.5, 0.6) is 0 Å². The topological polar surface area (TPSA) is 64.4 Å². The van der Waals surface area contributed by atoms with Crippen molar-refractivity contribution in [2.45, 2.75) is 26.6 Å². The number of fused-ring (bicyclic) bond motifs is 1. The molecule has 0 saturated heterocycles. The third-order valence-electron chi connectivity index (χ3n) is 4.24. The Morgan fingerprint density at radius 2 is 2.04 bits per heavy atom. The predicted molar refractivity (Wildman–Crippen MR) is 101 cm³/mol. The molecule has 0 saturated carbocycles. The van der Waals surface area contributed by atoms with Gasteiger partial charge in [-0.3, -0.25) is 4.90 Å². The molecular formula is C19H19N3O3S.